The number of hydrogen-bond acceptors (Lipinski definition) is 3. The molecule has 1 aromatic heterocycles. The van der Waals surface area contributed by atoms with Crippen molar-refractivity contribution < 1.29 is 9.90 Å². The number of para-hydroxylation sites is 1. The van der Waals surface area contributed by atoms with Gasteiger partial charge in [-0.1, -0.05) is 48.5 Å². The van der Waals surface area contributed by atoms with E-state index in [1.165, 1.54) is 5.56 Å². The summed E-state index contributed by atoms with van der Waals surface area (Å²) in [7, 11) is 0. The summed E-state index contributed by atoms with van der Waals surface area (Å²) in [6.07, 6.45) is 0.848. The largest absolute Gasteiger partial charge is 0.481 e. The Morgan fingerprint density at radius 1 is 1.08 bits per heavy atom. The molecule has 3 aromatic rings. The molecular weight excluding hydrogens is 300 g/mol. The third-order valence-electron chi connectivity index (χ3n) is 4.09. The van der Waals surface area contributed by atoms with Crippen molar-refractivity contribution in [3.05, 3.63) is 71.4 Å². The van der Waals surface area contributed by atoms with Gasteiger partial charge in [-0.15, -0.1) is 0 Å². The molecule has 0 aliphatic carbocycles. The van der Waals surface area contributed by atoms with Crippen LogP contribution in [0.3, 0.4) is 0 Å². The van der Waals surface area contributed by atoms with Gasteiger partial charge in [0.2, 0.25) is 0 Å². The Bertz CT molecular complexity index is 860. The lowest BCUT2D eigenvalue weighted by Gasteiger charge is -2.16. The van der Waals surface area contributed by atoms with E-state index in [-0.39, 0.29) is 6.42 Å². The molecule has 0 atom stereocenters. The van der Waals surface area contributed by atoms with Crippen LogP contribution in [0.4, 0.5) is 5.69 Å². The number of pyridine rings is 1. The van der Waals surface area contributed by atoms with Crippen LogP contribution in [0.1, 0.15) is 16.8 Å². The van der Waals surface area contributed by atoms with Gasteiger partial charge >= 0.3 is 5.97 Å². The van der Waals surface area contributed by atoms with Gasteiger partial charge in [0, 0.05) is 28.9 Å². The molecule has 0 aliphatic rings. The molecule has 0 spiro atoms. The van der Waals surface area contributed by atoms with Crippen molar-refractivity contribution in [2.24, 2.45) is 0 Å². The Hall–Kier alpha value is -2.88. The summed E-state index contributed by atoms with van der Waals surface area (Å²) in [5.74, 6) is -0.846. The van der Waals surface area contributed by atoms with E-state index in [2.05, 4.69) is 22.4 Å². The number of aryl methyl sites for hydroxylation is 1. The van der Waals surface area contributed by atoms with Gasteiger partial charge in [-0.25, -0.2) is 0 Å². The molecule has 3 rings (SSSR count). The Kier molecular flexibility index (Phi) is 4.75. The lowest BCUT2D eigenvalue weighted by Crippen LogP contribution is -2.12. The van der Waals surface area contributed by atoms with Crippen LogP contribution in [0.25, 0.3) is 10.9 Å². The Morgan fingerprint density at radius 3 is 2.54 bits per heavy atom. The number of aromatic nitrogens is 1. The summed E-state index contributed by atoms with van der Waals surface area (Å²) in [6, 6.07) is 18.1. The van der Waals surface area contributed by atoms with Gasteiger partial charge in [0.1, 0.15) is 0 Å². The normalized spacial score (nSPS) is 10.7. The lowest BCUT2D eigenvalue weighted by atomic mass is 10.0. The molecule has 0 saturated heterocycles. The molecule has 4 nitrogen and oxygen atoms in total. The zero-order chi connectivity index (χ0) is 16.9. The summed E-state index contributed by atoms with van der Waals surface area (Å²) >= 11 is 0. The Morgan fingerprint density at radius 2 is 1.79 bits per heavy atom. The summed E-state index contributed by atoms with van der Waals surface area (Å²) in [4.78, 5) is 15.8. The molecule has 0 saturated carbocycles. The summed E-state index contributed by atoms with van der Waals surface area (Å²) in [6.45, 7) is 2.61. The van der Waals surface area contributed by atoms with Crippen molar-refractivity contribution in [2.45, 2.75) is 19.8 Å². The van der Waals surface area contributed by atoms with E-state index in [9.17, 15) is 9.90 Å². The molecule has 0 unspecified atom stereocenters. The highest BCUT2D eigenvalue weighted by Gasteiger charge is 2.15. The van der Waals surface area contributed by atoms with Crippen LogP contribution in [0, 0.1) is 6.92 Å². The van der Waals surface area contributed by atoms with Crippen molar-refractivity contribution in [2.75, 3.05) is 11.9 Å². The molecule has 1 heterocycles. The first-order valence-corrected chi connectivity index (χ1v) is 8.03. The van der Waals surface area contributed by atoms with Crippen molar-refractivity contribution in [1.29, 1.82) is 0 Å². The van der Waals surface area contributed by atoms with Crippen molar-refractivity contribution >= 4 is 22.6 Å². The topological polar surface area (TPSA) is 62.2 Å². The molecule has 0 radical (unpaired) electrons. The molecule has 0 bridgehead atoms. The maximum atomic E-state index is 11.2. The van der Waals surface area contributed by atoms with Crippen molar-refractivity contribution in [3.63, 3.8) is 0 Å². The highest BCUT2D eigenvalue weighted by atomic mass is 16.4. The summed E-state index contributed by atoms with van der Waals surface area (Å²) in [5.41, 5.74) is 4.54. The minimum absolute atomic E-state index is 0.0304. The van der Waals surface area contributed by atoms with E-state index in [0.29, 0.717) is 0 Å². The first-order valence-electron chi connectivity index (χ1n) is 8.03. The highest BCUT2D eigenvalue weighted by molar-refractivity contribution is 5.94. The number of carboxylic acid groups (broad SMARTS) is 1. The zero-order valence-corrected chi connectivity index (χ0v) is 13.6. The monoisotopic (exact) mass is 320 g/mol. The third kappa shape index (κ3) is 3.54. The molecule has 24 heavy (non-hydrogen) atoms. The lowest BCUT2D eigenvalue weighted by molar-refractivity contribution is -0.136. The van der Waals surface area contributed by atoms with E-state index in [1.807, 2.05) is 49.4 Å². The second kappa shape index (κ2) is 7.13. The van der Waals surface area contributed by atoms with Crippen LogP contribution >= 0.6 is 0 Å². The maximum Gasteiger partial charge on any atom is 0.307 e. The number of benzene rings is 2. The first-order chi connectivity index (χ1) is 11.6. The zero-order valence-electron chi connectivity index (χ0n) is 13.6. The SMILES string of the molecule is Cc1nc2ccccc2c(NCCc2ccccc2)c1CC(=O)O. The molecule has 0 fully saturated rings. The van der Waals surface area contributed by atoms with Crippen molar-refractivity contribution in [3.8, 4) is 0 Å². The predicted octanol–water partition coefficient (Wildman–Crippen LogP) is 3.82. The van der Waals surface area contributed by atoms with Gasteiger partial charge in [-0.3, -0.25) is 9.78 Å². The van der Waals surface area contributed by atoms with E-state index < -0.39 is 5.97 Å². The average Bonchev–Trinajstić information content (AvgIpc) is 2.58. The van der Waals surface area contributed by atoms with Gasteiger partial charge in [0.25, 0.3) is 0 Å². The second-order valence-electron chi connectivity index (χ2n) is 5.80. The summed E-state index contributed by atoms with van der Waals surface area (Å²) < 4.78 is 0. The number of carboxylic acids is 1. The first kappa shape index (κ1) is 16.0. The molecule has 2 N–H and O–H groups in total. The number of aliphatic carboxylic acids is 1. The second-order valence-corrected chi connectivity index (χ2v) is 5.80. The number of fused-ring (bicyclic) bond motifs is 1. The van der Waals surface area contributed by atoms with Crippen LogP contribution in [0.15, 0.2) is 54.6 Å². The van der Waals surface area contributed by atoms with Crippen molar-refractivity contribution in [1.82, 2.24) is 4.98 Å². The third-order valence-corrected chi connectivity index (χ3v) is 4.09. The number of nitrogens with zero attached hydrogens (tertiary/aromatic N) is 1. The average molecular weight is 320 g/mol. The van der Waals surface area contributed by atoms with Gasteiger partial charge in [-0.05, 0) is 25.0 Å². The van der Waals surface area contributed by atoms with E-state index in [0.717, 1.165) is 40.8 Å². The fourth-order valence-corrected chi connectivity index (χ4v) is 2.92. The summed E-state index contributed by atoms with van der Waals surface area (Å²) in [5, 5.41) is 13.6. The molecule has 4 heteroatoms. The standard InChI is InChI=1S/C20H20N2O2/c1-14-17(13-19(23)24)20(16-9-5-6-10-18(16)22-14)21-12-11-15-7-3-2-4-8-15/h2-10H,11-13H2,1H3,(H,21,22)(H,23,24). The molecule has 122 valence electrons. The Labute approximate surface area is 141 Å². The number of nitrogens with one attached hydrogen (secondary N) is 1. The maximum absolute atomic E-state index is 11.2. The van der Waals surface area contributed by atoms with E-state index in [4.69, 9.17) is 0 Å². The van der Waals surface area contributed by atoms with E-state index in [1.54, 1.807) is 0 Å². The van der Waals surface area contributed by atoms with Gasteiger partial charge in [0.05, 0.1) is 11.9 Å². The highest BCUT2D eigenvalue weighted by Crippen LogP contribution is 2.29. The van der Waals surface area contributed by atoms with Gasteiger partial charge in [-0.2, -0.15) is 0 Å². The minimum Gasteiger partial charge on any atom is -0.481 e. The fourth-order valence-electron chi connectivity index (χ4n) is 2.92. The van der Waals surface area contributed by atoms with Gasteiger partial charge < -0.3 is 10.4 Å². The molecule has 2 aromatic carbocycles. The van der Waals surface area contributed by atoms with Crippen LogP contribution in [0.2, 0.25) is 0 Å². The molecular formula is C20H20N2O2. The number of rotatable bonds is 6. The van der Waals surface area contributed by atoms with Crippen LogP contribution in [0.5, 0.6) is 0 Å². The van der Waals surface area contributed by atoms with Crippen LogP contribution in [-0.2, 0) is 17.6 Å². The molecule has 0 amide bonds. The van der Waals surface area contributed by atoms with Gasteiger partial charge in [0.15, 0.2) is 0 Å². The number of hydrogen-bond donors (Lipinski definition) is 2. The molecule has 0 aliphatic heterocycles. The number of carbonyl (C=O) groups is 1. The predicted molar refractivity (Wildman–Crippen MR) is 96.5 cm³/mol. The smallest absolute Gasteiger partial charge is 0.307 e. The number of anilines is 1. The minimum atomic E-state index is -0.846. The van der Waals surface area contributed by atoms with Crippen LogP contribution in [-0.4, -0.2) is 22.6 Å². The van der Waals surface area contributed by atoms with E-state index >= 15 is 0 Å². The van der Waals surface area contributed by atoms with Crippen LogP contribution < -0.4 is 5.32 Å². The Balaban J connectivity index is 1.92. The quantitative estimate of drug-likeness (QED) is 0.724. The fraction of sp³-hybridized carbons (Fsp3) is 0.200.